The van der Waals surface area contributed by atoms with Crippen molar-refractivity contribution in [3.8, 4) is 5.75 Å². The van der Waals surface area contributed by atoms with Crippen LogP contribution in [0.5, 0.6) is 5.75 Å². The Hall–Kier alpha value is -3.15. The average Bonchev–Trinajstić information content (AvgIpc) is 2.69. The molecule has 1 N–H and O–H groups in total. The van der Waals surface area contributed by atoms with Gasteiger partial charge in [-0.1, -0.05) is 12.1 Å². The Kier molecular flexibility index (Phi) is 4.41. The molecular formula is C19H19N5O. The SMILES string of the molecule is c1ccc2c(c1)OCCN2c1ccnc(NCCc2ccncc2)n1. The van der Waals surface area contributed by atoms with E-state index in [1.807, 2.05) is 54.9 Å². The Morgan fingerprint density at radius 2 is 1.92 bits per heavy atom. The van der Waals surface area contributed by atoms with E-state index in [9.17, 15) is 0 Å². The molecule has 0 saturated carbocycles. The summed E-state index contributed by atoms with van der Waals surface area (Å²) in [6.07, 6.45) is 6.30. The van der Waals surface area contributed by atoms with Gasteiger partial charge in [0, 0.05) is 25.1 Å². The maximum atomic E-state index is 5.71. The van der Waals surface area contributed by atoms with Crippen molar-refractivity contribution in [3.63, 3.8) is 0 Å². The second-order valence-corrected chi connectivity index (χ2v) is 5.74. The lowest BCUT2D eigenvalue weighted by Crippen LogP contribution is -2.29. The Balaban J connectivity index is 1.47. The number of hydrogen-bond acceptors (Lipinski definition) is 6. The molecule has 126 valence electrons. The van der Waals surface area contributed by atoms with E-state index >= 15 is 0 Å². The van der Waals surface area contributed by atoms with Crippen LogP contribution in [-0.4, -0.2) is 34.6 Å². The van der Waals surface area contributed by atoms with Gasteiger partial charge in [0.25, 0.3) is 0 Å². The monoisotopic (exact) mass is 333 g/mol. The van der Waals surface area contributed by atoms with Gasteiger partial charge in [0.15, 0.2) is 0 Å². The van der Waals surface area contributed by atoms with Gasteiger partial charge in [0.05, 0.1) is 12.2 Å². The van der Waals surface area contributed by atoms with Gasteiger partial charge in [-0.2, -0.15) is 4.98 Å². The molecule has 6 nitrogen and oxygen atoms in total. The van der Waals surface area contributed by atoms with Crippen molar-refractivity contribution in [1.29, 1.82) is 0 Å². The van der Waals surface area contributed by atoms with Crippen LogP contribution < -0.4 is 15.0 Å². The molecule has 2 aromatic heterocycles. The van der Waals surface area contributed by atoms with E-state index in [4.69, 9.17) is 4.74 Å². The van der Waals surface area contributed by atoms with Crippen LogP contribution in [0, 0.1) is 0 Å². The van der Waals surface area contributed by atoms with Crippen molar-refractivity contribution in [1.82, 2.24) is 15.0 Å². The third kappa shape index (κ3) is 3.52. The maximum absolute atomic E-state index is 5.71. The molecule has 1 aliphatic heterocycles. The van der Waals surface area contributed by atoms with Crippen LogP contribution in [0.25, 0.3) is 0 Å². The number of para-hydroxylation sites is 2. The summed E-state index contributed by atoms with van der Waals surface area (Å²) >= 11 is 0. The molecule has 3 heterocycles. The number of pyridine rings is 1. The third-order valence-electron chi connectivity index (χ3n) is 4.09. The Morgan fingerprint density at radius 1 is 1.04 bits per heavy atom. The molecule has 1 aliphatic rings. The number of hydrogen-bond donors (Lipinski definition) is 1. The van der Waals surface area contributed by atoms with Crippen LogP contribution in [0.4, 0.5) is 17.5 Å². The minimum atomic E-state index is 0.635. The van der Waals surface area contributed by atoms with E-state index in [1.165, 1.54) is 5.56 Å². The molecule has 6 heteroatoms. The second-order valence-electron chi connectivity index (χ2n) is 5.74. The smallest absolute Gasteiger partial charge is 0.224 e. The first-order chi connectivity index (χ1) is 12.4. The number of rotatable bonds is 5. The molecule has 0 unspecified atom stereocenters. The summed E-state index contributed by atoms with van der Waals surface area (Å²) in [5, 5.41) is 3.30. The van der Waals surface area contributed by atoms with Crippen LogP contribution in [0.2, 0.25) is 0 Å². The highest BCUT2D eigenvalue weighted by atomic mass is 16.5. The van der Waals surface area contributed by atoms with E-state index in [0.29, 0.717) is 12.6 Å². The van der Waals surface area contributed by atoms with Gasteiger partial charge in [-0.25, -0.2) is 4.98 Å². The Morgan fingerprint density at radius 3 is 2.84 bits per heavy atom. The molecule has 0 fully saturated rings. The van der Waals surface area contributed by atoms with Gasteiger partial charge >= 0.3 is 0 Å². The molecule has 3 aromatic rings. The van der Waals surface area contributed by atoms with Crippen molar-refractivity contribution < 1.29 is 4.74 Å². The summed E-state index contributed by atoms with van der Waals surface area (Å²) in [5.41, 5.74) is 2.27. The zero-order chi connectivity index (χ0) is 16.9. The molecule has 0 bridgehead atoms. The van der Waals surface area contributed by atoms with Gasteiger partial charge in [-0.05, 0) is 42.3 Å². The van der Waals surface area contributed by atoms with Crippen molar-refractivity contribution in [2.75, 3.05) is 29.9 Å². The largest absolute Gasteiger partial charge is 0.490 e. The van der Waals surface area contributed by atoms with Gasteiger partial charge in [-0.3, -0.25) is 4.98 Å². The minimum absolute atomic E-state index is 0.635. The van der Waals surface area contributed by atoms with Gasteiger partial charge < -0.3 is 15.0 Å². The summed E-state index contributed by atoms with van der Waals surface area (Å²) in [7, 11) is 0. The van der Waals surface area contributed by atoms with E-state index in [0.717, 1.165) is 36.8 Å². The number of aromatic nitrogens is 3. The highest BCUT2D eigenvalue weighted by molar-refractivity contribution is 5.68. The number of benzene rings is 1. The van der Waals surface area contributed by atoms with Crippen LogP contribution in [0.1, 0.15) is 5.56 Å². The summed E-state index contributed by atoms with van der Waals surface area (Å²) < 4.78 is 5.71. The highest BCUT2D eigenvalue weighted by Gasteiger charge is 2.20. The first-order valence-corrected chi connectivity index (χ1v) is 8.35. The fourth-order valence-electron chi connectivity index (χ4n) is 2.86. The average molecular weight is 333 g/mol. The van der Waals surface area contributed by atoms with Crippen molar-refractivity contribution in [2.45, 2.75) is 6.42 Å². The lowest BCUT2D eigenvalue weighted by Gasteiger charge is -2.30. The standard InChI is InChI=1S/C19H19N5O/c1-2-4-17-16(3-1)24(13-14-25-17)18-8-12-22-19(23-18)21-11-7-15-5-9-20-10-6-15/h1-6,8-10,12H,7,11,13-14H2,(H,21,22,23). The first-order valence-electron chi connectivity index (χ1n) is 8.35. The van der Waals surface area contributed by atoms with E-state index in [1.54, 1.807) is 6.20 Å². The normalized spacial score (nSPS) is 13.0. The minimum Gasteiger partial charge on any atom is -0.490 e. The van der Waals surface area contributed by atoms with Gasteiger partial charge in [-0.15, -0.1) is 0 Å². The molecule has 0 amide bonds. The van der Waals surface area contributed by atoms with Gasteiger partial charge in [0.1, 0.15) is 18.2 Å². The van der Waals surface area contributed by atoms with Gasteiger partial charge in [0.2, 0.25) is 5.95 Å². The van der Waals surface area contributed by atoms with Crippen LogP contribution in [0.15, 0.2) is 61.1 Å². The predicted molar refractivity (Wildman–Crippen MR) is 97.4 cm³/mol. The molecule has 1 aromatic carbocycles. The summed E-state index contributed by atoms with van der Waals surface area (Å²) in [6.45, 7) is 2.18. The number of nitrogens with zero attached hydrogens (tertiary/aromatic N) is 4. The zero-order valence-corrected chi connectivity index (χ0v) is 13.8. The summed E-state index contributed by atoms with van der Waals surface area (Å²) in [5.74, 6) is 2.40. The molecule has 25 heavy (non-hydrogen) atoms. The van der Waals surface area contributed by atoms with E-state index in [-0.39, 0.29) is 0 Å². The van der Waals surface area contributed by atoms with E-state index in [2.05, 4.69) is 25.2 Å². The maximum Gasteiger partial charge on any atom is 0.224 e. The molecular weight excluding hydrogens is 314 g/mol. The zero-order valence-electron chi connectivity index (χ0n) is 13.8. The van der Waals surface area contributed by atoms with Crippen LogP contribution >= 0.6 is 0 Å². The van der Waals surface area contributed by atoms with Crippen LogP contribution in [0.3, 0.4) is 0 Å². The molecule has 0 atom stereocenters. The quantitative estimate of drug-likeness (QED) is 0.774. The number of nitrogens with one attached hydrogen (secondary N) is 1. The molecule has 4 rings (SSSR count). The lowest BCUT2D eigenvalue weighted by atomic mass is 10.2. The topological polar surface area (TPSA) is 63.2 Å². The number of anilines is 3. The first kappa shape index (κ1) is 15.4. The molecule has 0 spiro atoms. The Bertz CT molecular complexity index is 840. The predicted octanol–water partition coefficient (Wildman–Crippen LogP) is 3.06. The third-order valence-corrected chi connectivity index (χ3v) is 4.09. The second kappa shape index (κ2) is 7.17. The van der Waals surface area contributed by atoms with Crippen molar-refractivity contribution >= 4 is 17.5 Å². The molecule has 0 radical (unpaired) electrons. The van der Waals surface area contributed by atoms with Crippen molar-refractivity contribution in [3.05, 3.63) is 66.6 Å². The van der Waals surface area contributed by atoms with Crippen LogP contribution in [-0.2, 0) is 6.42 Å². The lowest BCUT2D eigenvalue weighted by molar-refractivity contribution is 0.313. The highest BCUT2D eigenvalue weighted by Crippen LogP contribution is 2.35. The molecule has 0 aliphatic carbocycles. The summed E-state index contributed by atoms with van der Waals surface area (Å²) in [6, 6.07) is 14.0. The number of ether oxygens (including phenoxy) is 1. The number of fused-ring (bicyclic) bond motifs is 1. The fourth-order valence-corrected chi connectivity index (χ4v) is 2.86. The van der Waals surface area contributed by atoms with Crippen molar-refractivity contribution in [2.24, 2.45) is 0 Å². The van der Waals surface area contributed by atoms with E-state index < -0.39 is 0 Å². The fraction of sp³-hybridized carbons (Fsp3) is 0.211. The Labute approximate surface area is 146 Å². The molecule has 0 saturated heterocycles. The summed E-state index contributed by atoms with van der Waals surface area (Å²) in [4.78, 5) is 15.2.